The number of nitrogens with zero attached hydrogens (tertiary/aromatic N) is 8. The molecule has 1 aliphatic rings. The number of hydrogen-bond acceptors (Lipinski definition) is 8. The molecule has 0 bridgehead atoms. The lowest BCUT2D eigenvalue weighted by Crippen LogP contribution is -2.49. The van der Waals surface area contributed by atoms with Gasteiger partial charge in [-0.3, -0.25) is 14.7 Å². The predicted octanol–water partition coefficient (Wildman–Crippen LogP) is 7.38. The van der Waals surface area contributed by atoms with E-state index in [2.05, 4.69) is 20.2 Å². The summed E-state index contributed by atoms with van der Waals surface area (Å²) in [7, 11) is 0. The second-order valence-electron chi connectivity index (χ2n) is 12.6. The number of nitrogens with two attached hydrogens (primary N) is 1. The zero-order valence-corrected chi connectivity index (χ0v) is 29.5. The molecule has 2 aromatic heterocycles. The third-order valence-electron chi connectivity index (χ3n) is 8.74. The maximum Gasteiger partial charge on any atom is 0.411 e. The molecule has 1 aliphatic carbocycles. The first-order valence-corrected chi connectivity index (χ1v) is 16.9. The van der Waals surface area contributed by atoms with E-state index in [1.165, 1.54) is 48.7 Å². The van der Waals surface area contributed by atoms with Gasteiger partial charge in [-0.2, -0.15) is 37.4 Å². The Morgan fingerprint density at radius 3 is 2.44 bits per heavy atom. The van der Waals surface area contributed by atoms with Crippen LogP contribution in [0.2, 0.25) is 5.02 Å². The smallest absolute Gasteiger partial charge is 0.411 e. The summed E-state index contributed by atoms with van der Waals surface area (Å²) in [5.74, 6) is -2.21. The standard InChI is InChI=1S/C34H32ClF7N10O3/c1-19(8-12-43)9-13-45-31(44)51(29(53)21-4-2-20(3-5-21)23-15-47-50(16-23)30(38)39)26(17-55-32(54)49-33(10-11-33)34(40,41)42)22-6-7-24(35)25(14-22)52-28(27(36)37)46-18-48-52/h2-7,14-16,18-19,26-27,30H,8-11,13,17H2,1H3,(H2,44,45)(H,49,54)/t19-,26-/m1/s1. The highest BCUT2D eigenvalue weighted by Gasteiger charge is 2.64. The summed E-state index contributed by atoms with van der Waals surface area (Å²) >= 11 is 6.39. The van der Waals surface area contributed by atoms with E-state index in [0.29, 0.717) is 22.2 Å². The van der Waals surface area contributed by atoms with Gasteiger partial charge in [0.25, 0.3) is 12.3 Å². The molecule has 1 saturated carbocycles. The van der Waals surface area contributed by atoms with Gasteiger partial charge >= 0.3 is 18.8 Å². The van der Waals surface area contributed by atoms with E-state index in [0.717, 1.165) is 22.1 Å². The van der Waals surface area contributed by atoms with Crippen LogP contribution in [0.3, 0.4) is 0 Å². The van der Waals surface area contributed by atoms with Crippen molar-refractivity contribution in [3.63, 3.8) is 0 Å². The molecular weight excluding hydrogens is 765 g/mol. The van der Waals surface area contributed by atoms with E-state index in [-0.39, 0.29) is 53.6 Å². The number of benzene rings is 2. The van der Waals surface area contributed by atoms with Gasteiger partial charge in [-0.05, 0) is 60.6 Å². The fourth-order valence-electron chi connectivity index (χ4n) is 5.47. The molecule has 292 valence electrons. The first kappa shape index (κ1) is 40.5. The van der Waals surface area contributed by atoms with Gasteiger partial charge in [-0.1, -0.05) is 36.7 Å². The Bertz CT molecular complexity index is 2060. The fraction of sp³-hybridized carbons (Fsp3) is 0.382. The minimum atomic E-state index is -4.78. The molecule has 2 aromatic carbocycles. The molecule has 55 heavy (non-hydrogen) atoms. The predicted molar refractivity (Wildman–Crippen MR) is 182 cm³/mol. The molecule has 3 N–H and O–H groups in total. The summed E-state index contributed by atoms with van der Waals surface area (Å²) in [4.78, 5) is 36.1. The molecule has 0 radical (unpaired) electrons. The highest BCUT2D eigenvalue weighted by atomic mass is 35.5. The zero-order chi connectivity index (χ0) is 40.1. The van der Waals surface area contributed by atoms with E-state index in [1.807, 2.05) is 11.4 Å². The quantitative estimate of drug-likeness (QED) is 0.0757. The van der Waals surface area contributed by atoms with Crippen molar-refractivity contribution in [2.75, 3.05) is 13.2 Å². The van der Waals surface area contributed by atoms with Crippen LogP contribution in [0.5, 0.6) is 0 Å². The minimum absolute atomic E-state index is 0.0102. The monoisotopic (exact) mass is 796 g/mol. The van der Waals surface area contributed by atoms with Gasteiger partial charge in [0.05, 0.1) is 29.0 Å². The van der Waals surface area contributed by atoms with Gasteiger partial charge in [0.2, 0.25) is 0 Å². The summed E-state index contributed by atoms with van der Waals surface area (Å²) in [5, 5.41) is 18.2. The van der Waals surface area contributed by atoms with E-state index in [4.69, 9.17) is 27.3 Å². The molecule has 5 rings (SSSR count). The number of carbonyl (C=O) groups is 2. The van der Waals surface area contributed by atoms with E-state index in [1.54, 1.807) is 6.92 Å². The SMILES string of the molecule is C[C@H](CC#N)CCN=C(N)N(C(=O)c1ccc(-c2cnn(C(F)F)c2)cc1)[C@H](COC(=O)NC1(C(F)(F)F)CC1)c1ccc(Cl)c(-n2ncnc2C(F)F)c1. The van der Waals surface area contributed by atoms with E-state index < -0.39 is 61.1 Å². The normalized spacial score (nSPS) is 15.1. The number of nitrogens with one attached hydrogen (secondary N) is 1. The Morgan fingerprint density at radius 2 is 1.84 bits per heavy atom. The average Bonchev–Trinajstić information content (AvgIpc) is 3.51. The number of aromatic nitrogens is 5. The number of hydrogen-bond donors (Lipinski definition) is 2. The lowest BCUT2D eigenvalue weighted by Gasteiger charge is -2.32. The lowest BCUT2D eigenvalue weighted by molar-refractivity contribution is -0.164. The maximum absolute atomic E-state index is 14.4. The Kier molecular flexibility index (Phi) is 12.3. The Morgan fingerprint density at radius 1 is 1.13 bits per heavy atom. The highest BCUT2D eigenvalue weighted by molar-refractivity contribution is 6.32. The maximum atomic E-state index is 14.4. The molecule has 2 heterocycles. The van der Waals surface area contributed by atoms with Crippen LogP contribution in [0, 0.1) is 17.2 Å². The van der Waals surface area contributed by atoms with Gasteiger partial charge in [-0.25, -0.2) is 27.9 Å². The summed E-state index contributed by atoms with van der Waals surface area (Å²) in [6.45, 7) is -1.92. The number of ether oxygens (including phenoxy) is 1. The number of rotatable bonds is 14. The van der Waals surface area contributed by atoms with Crippen molar-refractivity contribution < 1.29 is 45.1 Å². The summed E-state index contributed by atoms with van der Waals surface area (Å²) in [6.07, 6.45) is -6.39. The molecule has 21 heteroatoms. The Hall–Kier alpha value is -5.71. The Labute approximate surface area is 313 Å². The summed E-state index contributed by atoms with van der Waals surface area (Å²) in [5.41, 5.74) is 4.53. The molecule has 2 amide bonds. The number of alkyl halides is 7. The van der Waals surface area contributed by atoms with Crippen LogP contribution in [0.4, 0.5) is 35.5 Å². The summed E-state index contributed by atoms with van der Waals surface area (Å²) in [6, 6.07) is 9.97. The molecule has 13 nitrogen and oxygen atoms in total. The molecule has 2 atom stereocenters. The molecule has 0 aliphatic heterocycles. The lowest BCUT2D eigenvalue weighted by atomic mass is 10.0. The number of amides is 2. The van der Waals surface area contributed by atoms with Crippen LogP contribution in [0.1, 0.15) is 73.4 Å². The largest absolute Gasteiger partial charge is 0.447 e. The zero-order valence-electron chi connectivity index (χ0n) is 28.7. The van der Waals surface area contributed by atoms with E-state index >= 15 is 0 Å². The van der Waals surface area contributed by atoms with Crippen molar-refractivity contribution in [2.24, 2.45) is 16.6 Å². The second-order valence-corrected chi connectivity index (χ2v) is 13.0. The van der Waals surface area contributed by atoms with Crippen LogP contribution in [-0.4, -0.2) is 72.3 Å². The molecule has 0 saturated heterocycles. The fourth-order valence-corrected chi connectivity index (χ4v) is 5.67. The molecule has 0 spiro atoms. The van der Waals surface area contributed by atoms with Gasteiger partial charge in [0.1, 0.15) is 18.5 Å². The number of aliphatic imine (C=N–C) groups is 1. The third-order valence-corrected chi connectivity index (χ3v) is 9.06. The molecule has 4 aromatic rings. The molecule has 0 unspecified atom stereocenters. The van der Waals surface area contributed by atoms with Crippen LogP contribution in [0.15, 0.2) is 66.2 Å². The van der Waals surface area contributed by atoms with Gasteiger partial charge < -0.3 is 15.8 Å². The van der Waals surface area contributed by atoms with Gasteiger partial charge in [0, 0.05) is 30.3 Å². The highest BCUT2D eigenvalue weighted by Crippen LogP contribution is 2.49. The number of guanidine groups is 1. The average molecular weight is 797 g/mol. The van der Waals surface area contributed by atoms with Gasteiger partial charge in [-0.15, -0.1) is 0 Å². The number of carbonyl (C=O) groups excluding carboxylic acids is 2. The second kappa shape index (κ2) is 16.8. The van der Waals surface area contributed by atoms with Crippen molar-refractivity contribution in [2.45, 2.75) is 63.3 Å². The molecular formula is C34H32ClF7N10O3. The molecule has 1 fully saturated rings. The van der Waals surface area contributed by atoms with Crippen molar-refractivity contribution in [1.29, 1.82) is 5.26 Å². The number of nitriles is 1. The van der Waals surface area contributed by atoms with Crippen LogP contribution >= 0.6 is 11.6 Å². The number of alkyl carbamates (subject to hydrolysis) is 1. The van der Waals surface area contributed by atoms with E-state index in [9.17, 15) is 40.3 Å². The van der Waals surface area contributed by atoms with Crippen molar-refractivity contribution in [3.8, 4) is 22.9 Å². The van der Waals surface area contributed by atoms with Crippen LogP contribution in [0.25, 0.3) is 16.8 Å². The topological polar surface area (TPSA) is 169 Å². The Balaban J connectivity index is 1.57. The van der Waals surface area contributed by atoms with Crippen molar-refractivity contribution in [1.82, 2.24) is 34.8 Å². The minimum Gasteiger partial charge on any atom is -0.447 e. The first-order valence-electron chi connectivity index (χ1n) is 16.5. The number of halogens is 8. The van der Waals surface area contributed by atoms with Crippen molar-refractivity contribution >= 4 is 29.6 Å². The van der Waals surface area contributed by atoms with Crippen LogP contribution < -0.4 is 11.1 Å². The first-order chi connectivity index (χ1) is 26.0. The summed E-state index contributed by atoms with van der Waals surface area (Å²) < 4.78 is 101. The third kappa shape index (κ3) is 9.33. The van der Waals surface area contributed by atoms with Gasteiger partial charge in [0.15, 0.2) is 11.8 Å². The van der Waals surface area contributed by atoms with Crippen molar-refractivity contribution in [3.05, 3.63) is 83.2 Å². The van der Waals surface area contributed by atoms with Crippen LogP contribution in [-0.2, 0) is 4.74 Å².